The van der Waals surface area contributed by atoms with E-state index in [0.29, 0.717) is 31.7 Å². The summed E-state index contributed by atoms with van der Waals surface area (Å²) in [6.45, 7) is 5.81. The third-order valence-corrected chi connectivity index (χ3v) is 6.31. The third-order valence-electron chi connectivity index (χ3n) is 4.42. The molecular formula is C17H27N3O3S. The zero-order valence-electron chi connectivity index (χ0n) is 14.4. The molecule has 7 heteroatoms. The van der Waals surface area contributed by atoms with E-state index in [-0.39, 0.29) is 16.7 Å². The zero-order chi connectivity index (χ0) is 17.7. The maximum Gasteiger partial charge on any atom is 0.251 e. The minimum absolute atomic E-state index is 0.175. The molecule has 1 aromatic carbocycles. The van der Waals surface area contributed by atoms with Crippen molar-refractivity contribution in [1.29, 1.82) is 0 Å². The number of nitrogens with two attached hydrogens (primary N) is 1. The zero-order valence-corrected chi connectivity index (χ0v) is 15.2. The molecule has 2 rings (SSSR count). The van der Waals surface area contributed by atoms with Crippen molar-refractivity contribution in [2.24, 2.45) is 11.7 Å². The predicted octanol–water partition coefficient (Wildman–Crippen LogP) is 1.49. The van der Waals surface area contributed by atoms with E-state index in [9.17, 15) is 13.2 Å². The Hall–Kier alpha value is -1.44. The van der Waals surface area contributed by atoms with Crippen molar-refractivity contribution in [3.63, 3.8) is 0 Å². The van der Waals surface area contributed by atoms with Gasteiger partial charge in [-0.15, -0.1) is 0 Å². The Labute approximate surface area is 144 Å². The molecule has 1 aliphatic heterocycles. The number of hydrogen-bond donors (Lipinski definition) is 2. The number of aryl methyl sites for hydroxylation is 1. The molecule has 1 aromatic rings. The van der Waals surface area contributed by atoms with Crippen molar-refractivity contribution in [2.45, 2.75) is 38.0 Å². The maximum atomic E-state index is 12.8. The number of nitrogens with one attached hydrogen (secondary N) is 1. The van der Waals surface area contributed by atoms with Crippen LogP contribution in [0.1, 0.15) is 42.1 Å². The van der Waals surface area contributed by atoms with Crippen LogP contribution in [-0.4, -0.2) is 44.8 Å². The molecule has 3 N–H and O–H groups in total. The van der Waals surface area contributed by atoms with Gasteiger partial charge in [-0.25, -0.2) is 8.42 Å². The normalized spacial score (nSPS) is 17.5. The Morgan fingerprint density at radius 3 is 2.58 bits per heavy atom. The molecule has 0 aromatic heterocycles. The second-order valence-electron chi connectivity index (χ2n) is 6.49. The molecule has 1 atom stereocenters. The number of amides is 1. The van der Waals surface area contributed by atoms with Crippen molar-refractivity contribution in [2.75, 3.05) is 26.2 Å². The SMILES string of the molecule is Cc1ccc(S(=O)(=O)N2CCCCC2)cc1C(=O)NCC(C)CN. The van der Waals surface area contributed by atoms with Crippen molar-refractivity contribution in [3.8, 4) is 0 Å². The van der Waals surface area contributed by atoms with Crippen LogP contribution in [0.2, 0.25) is 0 Å². The van der Waals surface area contributed by atoms with Crippen LogP contribution in [0.3, 0.4) is 0 Å². The van der Waals surface area contributed by atoms with Gasteiger partial charge in [-0.3, -0.25) is 4.79 Å². The summed E-state index contributed by atoms with van der Waals surface area (Å²) >= 11 is 0. The second-order valence-corrected chi connectivity index (χ2v) is 8.43. The van der Waals surface area contributed by atoms with E-state index in [0.717, 1.165) is 24.8 Å². The smallest absolute Gasteiger partial charge is 0.251 e. The number of nitrogens with zero attached hydrogens (tertiary/aromatic N) is 1. The standard InChI is InChI=1S/C17H27N3O3S/c1-13(11-18)12-19-17(21)16-10-15(7-6-14(16)2)24(22,23)20-8-4-3-5-9-20/h6-7,10,13H,3-5,8-9,11-12,18H2,1-2H3,(H,19,21). The molecule has 6 nitrogen and oxygen atoms in total. The van der Waals surface area contributed by atoms with Gasteiger partial charge in [0.05, 0.1) is 4.90 Å². The molecular weight excluding hydrogens is 326 g/mol. The lowest BCUT2D eigenvalue weighted by atomic mass is 10.1. The molecule has 0 saturated carbocycles. The van der Waals surface area contributed by atoms with E-state index in [4.69, 9.17) is 5.73 Å². The Balaban J connectivity index is 2.22. The number of carbonyl (C=O) groups is 1. The van der Waals surface area contributed by atoms with Crippen LogP contribution < -0.4 is 11.1 Å². The molecule has 0 spiro atoms. The van der Waals surface area contributed by atoms with Gasteiger partial charge in [-0.1, -0.05) is 19.4 Å². The van der Waals surface area contributed by atoms with Gasteiger partial charge in [0.1, 0.15) is 0 Å². The van der Waals surface area contributed by atoms with Crippen LogP contribution in [0.4, 0.5) is 0 Å². The van der Waals surface area contributed by atoms with Crippen LogP contribution in [-0.2, 0) is 10.0 Å². The maximum absolute atomic E-state index is 12.8. The monoisotopic (exact) mass is 353 g/mol. The largest absolute Gasteiger partial charge is 0.352 e. The number of hydrogen-bond acceptors (Lipinski definition) is 4. The van der Waals surface area contributed by atoms with Crippen LogP contribution in [0, 0.1) is 12.8 Å². The summed E-state index contributed by atoms with van der Waals surface area (Å²) in [5.41, 5.74) is 6.71. The topological polar surface area (TPSA) is 92.5 Å². The van der Waals surface area contributed by atoms with E-state index >= 15 is 0 Å². The van der Waals surface area contributed by atoms with E-state index < -0.39 is 10.0 Å². The fraction of sp³-hybridized carbons (Fsp3) is 0.588. The molecule has 1 saturated heterocycles. The average molecular weight is 353 g/mol. The van der Waals surface area contributed by atoms with E-state index in [1.807, 2.05) is 6.92 Å². The molecule has 1 heterocycles. The summed E-state index contributed by atoms with van der Waals surface area (Å²) < 4.78 is 27.0. The van der Waals surface area contributed by atoms with Gasteiger partial charge in [0.2, 0.25) is 10.0 Å². The van der Waals surface area contributed by atoms with Gasteiger partial charge in [-0.2, -0.15) is 4.31 Å². The minimum atomic E-state index is -3.54. The number of benzene rings is 1. The molecule has 0 bridgehead atoms. The average Bonchev–Trinajstić information content (AvgIpc) is 2.60. The van der Waals surface area contributed by atoms with Gasteiger partial charge in [0.15, 0.2) is 0 Å². The summed E-state index contributed by atoms with van der Waals surface area (Å²) in [6.07, 6.45) is 2.83. The van der Waals surface area contributed by atoms with Gasteiger partial charge in [-0.05, 0) is 49.9 Å². The van der Waals surface area contributed by atoms with E-state index in [1.165, 1.54) is 10.4 Å². The van der Waals surface area contributed by atoms with Crippen LogP contribution in [0.15, 0.2) is 23.1 Å². The Morgan fingerprint density at radius 2 is 1.96 bits per heavy atom. The summed E-state index contributed by atoms with van der Waals surface area (Å²) in [5.74, 6) is -0.0852. The molecule has 134 valence electrons. The first-order valence-corrected chi connectivity index (χ1v) is 9.89. The molecule has 1 amide bonds. The van der Waals surface area contributed by atoms with Gasteiger partial charge < -0.3 is 11.1 Å². The summed E-state index contributed by atoms with van der Waals surface area (Å²) in [4.78, 5) is 12.6. The summed E-state index contributed by atoms with van der Waals surface area (Å²) in [7, 11) is -3.54. The Morgan fingerprint density at radius 1 is 1.29 bits per heavy atom. The highest BCUT2D eigenvalue weighted by molar-refractivity contribution is 7.89. The lowest BCUT2D eigenvalue weighted by molar-refractivity contribution is 0.0947. The molecule has 0 aliphatic carbocycles. The van der Waals surface area contributed by atoms with Crippen molar-refractivity contribution < 1.29 is 13.2 Å². The second kappa shape index (κ2) is 8.09. The van der Waals surface area contributed by atoms with E-state index in [1.54, 1.807) is 19.1 Å². The first-order valence-electron chi connectivity index (χ1n) is 8.45. The number of piperidine rings is 1. The highest BCUT2D eigenvalue weighted by Gasteiger charge is 2.27. The molecule has 1 aliphatic rings. The summed E-state index contributed by atoms with van der Waals surface area (Å²) in [5, 5.41) is 2.82. The van der Waals surface area contributed by atoms with Gasteiger partial charge in [0, 0.05) is 25.2 Å². The fourth-order valence-electron chi connectivity index (χ4n) is 2.71. The molecule has 1 unspecified atom stereocenters. The highest BCUT2D eigenvalue weighted by atomic mass is 32.2. The van der Waals surface area contributed by atoms with Crippen LogP contribution in [0.5, 0.6) is 0 Å². The van der Waals surface area contributed by atoms with Crippen molar-refractivity contribution >= 4 is 15.9 Å². The van der Waals surface area contributed by atoms with Crippen LogP contribution in [0.25, 0.3) is 0 Å². The summed E-state index contributed by atoms with van der Waals surface area (Å²) in [6, 6.07) is 4.76. The van der Waals surface area contributed by atoms with Crippen molar-refractivity contribution in [1.82, 2.24) is 9.62 Å². The predicted molar refractivity (Wildman–Crippen MR) is 94.3 cm³/mol. The number of sulfonamides is 1. The Bertz CT molecular complexity index is 682. The lowest BCUT2D eigenvalue weighted by Gasteiger charge is -2.26. The van der Waals surface area contributed by atoms with Crippen molar-refractivity contribution in [3.05, 3.63) is 29.3 Å². The molecule has 24 heavy (non-hydrogen) atoms. The first-order chi connectivity index (χ1) is 11.4. The molecule has 0 radical (unpaired) electrons. The minimum Gasteiger partial charge on any atom is -0.352 e. The number of carbonyl (C=O) groups excluding carboxylic acids is 1. The first kappa shape index (κ1) is 18.9. The van der Waals surface area contributed by atoms with Crippen LogP contribution >= 0.6 is 0 Å². The van der Waals surface area contributed by atoms with Gasteiger partial charge in [0.25, 0.3) is 5.91 Å². The third kappa shape index (κ3) is 4.34. The Kier molecular flexibility index (Phi) is 6.37. The van der Waals surface area contributed by atoms with Gasteiger partial charge >= 0.3 is 0 Å². The quantitative estimate of drug-likeness (QED) is 0.810. The van der Waals surface area contributed by atoms with E-state index in [2.05, 4.69) is 5.32 Å². The molecule has 1 fully saturated rings. The number of rotatable bonds is 6. The fourth-order valence-corrected chi connectivity index (χ4v) is 4.25. The highest BCUT2D eigenvalue weighted by Crippen LogP contribution is 2.22. The lowest BCUT2D eigenvalue weighted by Crippen LogP contribution is -2.36.